The van der Waals surface area contributed by atoms with Crippen LogP contribution in [0.5, 0.6) is 0 Å². The normalized spacial score (nSPS) is 11.7. The number of unbranched alkanes of at least 4 members (excludes halogenated alkanes) is 3. The maximum absolute atomic E-state index is 13.6. The molecule has 1 aromatic carbocycles. The molecule has 0 amide bonds. The maximum Gasteiger partial charge on any atom is 0.274 e. The third-order valence-corrected chi connectivity index (χ3v) is 3.35. The van der Waals surface area contributed by atoms with Crippen molar-refractivity contribution in [2.45, 2.75) is 38.0 Å². The van der Waals surface area contributed by atoms with Crippen LogP contribution >= 0.6 is 15.9 Å². The highest BCUT2D eigenvalue weighted by Crippen LogP contribution is 2.20. The van der Waals surface area contributed by atoms with Crippen molar-refractivity contribution in [1.29, 1.82) is 0 Å². The summed E-state index contributed by atoms with van der Waals surface area (Å²) in [5.41, 5.74) is 0.647. The topological polar surface area (TPSA) is 9.23 Å². The average Bonchev–Trinajstić information content (AvgIpc) is 2.38. The number of hydrogen-bond donors (Lipinski definition) is 0. The van der Waals surface area contributed by atoms with E-state index in [2.05, 4.69) is 15.9 Å². The summed E-state index contributed by atoms with van der Waals surface area (Å²) in [4.78, 5) is 0. The number of halogens is 3. The Morgan fingerprint density at radius 3 is 2.37 bits per heavy atom. The molecule has 0 aliphatic heterocycles. The third kappa shape index (κ3) is 8.32. The molecule has 0 aromatic heterocycles. The summed E-state index contributed by atoms with van der Waals surface area (Å²) in [5, 5.41) is 1.00. The van der Waals surface area contributed by atoms with E-state index in [9.17, 15) is 8.78 Å². The molecule has 0 spiro atoms. The second-order valence-electron chi connectivity index (χ2n) is 4.67. The van der Waals surface area contributed by atoms with Gasteiger partial charge in [0.15, 0.2) is 0 Å². The van der Waals surface area contributed by atoms with Crippen LogP contribution in [0.3, 0.4) is 0 Å². The Hall–Kier alpha value is -0.480. The van der Waals surface area contributed by atoms with Crippen molar-refractivity contribution in [3.05, 3.63) is 35.9 Å². The van der Waals surface area contributed by atoms with Gasteiger partial charge in [0, 0.05) is 18.4 Å². The fraction of sp³-hybridized carbons (Fsp3) is 0.600. The second-order valence-corrected chi connectivity index (χ2v) is 5.47. The van der Waals surface area contributed by atoms with Crippen LogP contribution < -0.4 is 0 Å². The molecule has 0 aliphatic carbocycles. The van der Waals surface area contributed by atoms with Gasteiger partial charge in [-0.15, -0.1) is 0 Å². The van der Waals surface area contributed by atoms with Gasteiger partial charge in [0.2, 0.25) is 0 Å². The number of alkyl halides is 3. The fourth-order valence-corrected chi connectivity index (χ4v) is 2.22. The number of hydrogen-bond acceptors (Lipinski definition) is 1. The van der Waals surface area contributed by atoms with Crippen LogP contribution in [0.25, 0.3) is 0 Å². The van der Waals surface area contributed by atoms with Gasteiger partial charge in [-0.2, -0.15) is 0 Å². The highest BCUT2D eigenvalue weighted by atomic mass is 79.9. The lowest BCUT2D eigenvalue weighted by Crippen LogP contribution is -2.26. The SMILES string of the molecule is FC(F)(COCCCCCCBr)Cc1ccccc1. The van der Waals surface area contributed by atoms with Crippen LogP contribution in [0, 0.1) is 0 Å². The van der Waals surface area contributed by atoms with E-state index in [1.807, 2.05) is 6.07 Å². The lowest BCUT2D eigenvalue weighted by Gasteiger charge is -2.16. The Morgan fingerprint density at radius 1 is 1.00 bits per heavy atom. The quantitative estimate of drug-likeness (QED) is 0.439. The summed E-state index contributed by atoms with van der Waals surface area (Å²) < 4.78 is 32.3. The lowest BCUT2D eigenvalue weighted by molar-refractivity contribution is -0.0765. The van der Waals surface area contributed by atoms with Gasteiger partial charge in [-0.3, -0.25) is 0 Å². The molecule has 0 radical (unpaired) electrons. The minimum Gasteiger partial charge on any atom is -0.375 e. The van der Waals surface area contributed by atoms with Crippen molar-refractivity contribution < 1.29 is 13.5 Å². The summed E-state index contributed by atoms with van der Waals surface area (Å²) in [6.45, 7) is -0.0625. The lowest BCUT2D eigenvalue weighted by atomic mass is 10.1. The molecule has 0 heterocycles. The smallest absolute Gasteiger partial charge is 0.274 e. The van der Waals surface area contributed by atoms with Crippen LogP contribution in [-0.4, -0.2) is 24.5 Å². The van der Waals surface area contributed by atoms with Gasteiger partial charge < -0.3 is 4.74 Å². The third-order valence-electron chi connectivity index (χ3n) is 2.79. The van der Waals surface area contributed by atoms with Crippen molar-refractivity contribution in [2.24, 2.45) is 0 Å². The van der Waals surface area contributed by atoms with E-state index in [-0.39, 0.29) is 6.42 Å². The molecule has 0 saturated heterocycles. The van der Waals surface area contributed by atoms with E-state index in [1.54, 1.807) is 24.3 Å². The highest BCUT2D eigenvalue weighted by molar-refractivity contribution is 9.09. The van der Waals surface area contributed by atoms with E-state index >= 15 is 0 Å². The molecule has 4 heteroatoms. The van der Waals surface area contributed by atoms with Gasteiger partial charge >= 0.3 is 0 Å². The van der Waals surface area contributed by atoms with Crippen molar-refractivity contribution in [3.8, 4) is 0 Å². The van der Waals surface area contributed by atoms with Crippen LogP contribution in [0.2, 0.25) is 0 Å². The molecule has 0 N–H and O–H groups in total. The van der Waals surface area contributed by atoms with E-state index in [0.717, 1.165) is 31.0 Å². The summed E-state index contributed by atoms with van der Waals surface area (Å²) >= 11 is 3.36. The molecule has 108 valence electrons. The van der Waals surface area contributed by atoms with Crippen LogP contribution in [0.1, 0.15) is 31.2 Å². The van der Waals surface area contributed by atoms with Crippen LogP contribution in [0.4, 0.5) is 8.78 Å². The molecule has 0 bridgehead atoms. The molecule has 0 unspecified atom stereocenters. The minimum absolute atomic E-state index is 0.253. The van der Waals surface area contributed by atoms with Crippen molar-refractivity contribution >= 4 is 15.9 Å². The Kier molecular flexibility index (Phi) is 8.22. The largest absolute Gasteiger partial charge is 0.375 e. The molecule has 0 fully saturated rings. The van der Waals surface area contributed by atoms with Gasteiger partial charge in [0.05, 0.1) is 0 Å². The molecule has 1 rings (SSSR count). The minimum atomic E-state index is -2.78. The summed E-state index contributed by atoms with van der Waals surface area (Å²) in [6.07, 6.45) is 3.89. The standard InChI is InChI=1S/C15H21BrF2O/c16-10-6-1-2-7-11-19-13-15(17,18)12-14-8-4-3-5-9-14/h3-5,8-9H,1-2,6-7,10-13H2. The van der Waals surface area contributed by atoms with Gasteiger partial charge in [-0.1, -0.05) is 59.1 Å². The van der Waals surface area contributed by atoms with Gasteiger partial charge in [0.1, 0.15) is 6.61 Å². The molecule has 0 saturated carbocycles. The monoisotopic (exact) mass is 334 g/mol. The van der Waals surface area contributed by atoms with Crippen molar-refractivity contribution in [1.82, 2.24) is 0 Å². The molecule has 19 heavy (non-hydrogen) atoms. The molecule has 1 aromatic rings. The molecule has 0 atom stereocenters. The first kappa shape index (κ1) is 16.6. The highest BCUT2D eigenvalue weighted by Gasteiger charge is 2.29. The Labute approximate surface area is 122 Å². The zero-order valence-corrected chi connectivity index (χ0v) is 12.7. The van der Waals surface area contributed by atoms with E-state index in [0.29, 0.717) is 12.2 Å². The Balaban J connectivity index is 2.13. The van der Waals surface area contributed by atoms with Crippen molar-refractivity contribution in [2.75, 3.05) is 18.5 Å². The predicted octanol–water partition coefficient (Wildman–Crippen LogP) is 4.84. The summed E-state index contributed by atoms with van der Waals surface area (Å²) in [5.74, 6) is -2.78. The van der Waals surface area contributed by atoms with E-state index in [1.165, 1.54) is 0 Å². The molecular weight excluding hydrogens is 314 g/mol. The van der Waals surface area contributed by atoms with Gasteiger partial charge in [0.25, 0.3) is 5.92 Å². The van der Waals surface area contributed by atoms with Gasteiger partial charge in [-0.05, 0) is 18.4 Å². The Bertz CT molecular complexity index is 330. The first-order chi connectivity index (χ1) is 9.14. The molecular formula is C15H21BrF2O. The van der Waals surface area contributed by atoms with E-state index in [4.69, 9.17) is 4.74 Å². The first-order valence-corrected chi connectivity index (χ1v) is 7.82. The van der Waals surface area contributed by atoms with Crippen LogP contribution in [-0.2, 0) is 11.2 Å². The zero-order valence-electron chi connectivity index (χ0n) is 11.1. The number of rotatable bonds is 10. The molecule has 0 aliphatic rings. The predicted molar refractivity (Wildman–Crippen MR) is 78.2 cm³/mol. The summed E-state index contributed by atoms with van der Waals surface area (Å²) in [7, 11) is 0. The van der Waals surface area contributed by atoms with Crippen molar-refractivity contribution in [3.63, 3.8) is 0 Å². The summed E-state index contributed by atoms with van der Waals surface area (Å²) in [6, 6.07) is 8.81. The first-order valence-electron chi connectivity index (χ1n) is 6.69. The van der Waals surface area contributed by atoms with Crippen LogP contribution in [0.15, 0.2) is 30.3 Å². The second kappa shape index (κ2) is 9.43. The van der Waals surface area contributed by atoms with E-state index < -0.39 is 12.5 Å². The number of ether oxygens (including phenoxy) is 1. The number of benzene rings is 1. The molecule has 1 nitrogen and oxygen atoms in total. The zero-order chi connectivity index (χ0) is 14.0. The average molecular weight is 335 g/mol. The maximum atomic E-state index is 13.6. The Morgan fingerprint density at radius 2 is 1.68 bits per heavy atom. The van der Waals surface area contributed by atoms with Gasteiger partial charge in [-0.25, -0.2) is 8.78 Å². The fourth-order valence-electron chi connectivity index (χ4n) is 1.82.